The van der Waals surface area contributed by atoms with Gasteiger partial charge < -0.3 is 4.74 Å². The van der Waals surface area contributed by atoms with E-state index in [0.29, 0.717) is 5.75 Å². The van der Waals surface area contributed by atoms with Crippen molar-refractivity contribution in [2.24, 2.45) is 5.10 Å². The third kappa shape index (κ3) is 4.54. The van der Waals surface area contributed by atoms with Gasteiger partial charge in [0.2, 0.25) is 0 Å². The highest BCUT2D eigenvalue weighted by Gasteiger charge is 2.15. The van der Waals surface area contributed by atoms with Crippen molar-refractivity contribution in [1.29, 1.82) is 0 Å². The fourth-order valence-corrected chi connectivity index (χ4v) is 2.83. The lowest BCUT2D eigenvalue weighted by molar-refractivity contribution is -0.127. The number of ether oxygens (including phenoxy) is 1. The van der Waals surface area contributed by atoms with Crippen LogP contribution in [0.2, 0.25) is 0 Å². The van der Waals surface area contributed by atoms with E-state index >= 15 is 0 Å². The Bertz CT molecular complexity index is 922. The minimum atomic E-state index is -0.694. The molecule has 0 bridgehead atoms. The molecule has 1 amide bonds. The molecule has 126 valence electrons. The first-order valence-electron chi connectivity index (χ1n) is 7.72. The maximum atomic E-state index is 12.2. The molecule has 1 heterocycles. The zero-order valence-corrected chi connectivity index (χ0v) is 15.7. The number of hydrogen-bond acceptors (Lipinski definition) is 4. The molecule has 1 N–H and O–H groups in total. The maximum Gasteiger partial charge on any atom is 0.280 e. The first-order valence-corrected chi connectivity index (χ1v) is 8.80. The Labute approximate surface area is 159 Å². The topological polar surface area (TPSA) is 63.6 Å². The smallest absolute Gasteiger partial charge is 0.280 e. The van der Waals surface area contributed by atoms with Crippen LogP contribution in [0.1, 0.15) is 12.5 Å². The van der Waals surface area contributed by atoms with Gasteiger partial charge in [-0.15, -0.1) is 0 Å². The Hall–Kier alpha value is -2.48. The van der Waals surface area contributed by atoms with Crippen LogP contribution in [0.25, 0.3) is 10.9 Å². The highest BCUT2D eigenvalue weighted by Crippen LogP contribution is 2.23. The van der Waals surface area contributed by atoms with E-state index in [1.54, 1.807) is 25.4 Å². The summed E-state index contributed by atoms with van der Waals surface area (Å²) in [5.41, 5.74) is 4.15. The molecule has 1 atom stereocenters. The largest absolute Gasteiger partial charge is 0.479 e. The van der Waals surface area contributed by atoms with Gasteiger partial charge in [0, 0.05) is 15.2 Å². The van der Waals surface area contributed by atoms with Crippen LogP contribution >= 0.6 is 22.6 Å². The summed E-state index contributed by atoms with van der Waals surface area (Å²) in [6.45, 7) is 1.68. The molecule has 3 aromatic rings. The zero-order valence-electron chi connectivity index (χ0n) is 13.5. The lowest BCUT2D eigenvalue weighted by Crippen LogP contribution is -2.33. The molecule has 25 heavy (non-hydrogen) atoms. The van der Waals surface area contributed by atoms with Crippen LogP contribution in [0.4, 0.5) is 0 Å². The lowest BCUT2D eigenvalue weighted by atomic mass is 10.2. The zero-order chi connectivity index (χ0) is 17.6. The number of carbonyl (C=O) groups excluding carboxylic acids is 1. The Morgan fingerprint density at radius 1 is 1.24 bits per heavy atom. The van der Waals surface area contributed by atoms with Crippen molar-refractivity contribution >= 4 is 45.6 Å². The van der Waals surface area contributed by atoms with E-state index in [-0.39, 0.29) is 5.91 Å². The molecule has 0 aliphatic carbocycles. The van der Waals surface area contributed by atoms with Crippen LogP contribution in [0.15, 0.2) is 65.9 Å². The molecular weight excluding hydrogens is 429 g/mol. The van der Waals surface area contributed by atoms with Crippen molar-refractivity contribution in [3.8, 4) is 5.75 Å². The third-order valence-corrected chi connectivity index (χ3v) is 4.18. The van der Waals surface area contributed by atoms with Crippen molar-refractivity contribution in [2.75, 3.05) is 0 Å². The van der Waals surface area contributed by atoms with Crippen LogP contribution in [0, 0.1) is 3.57 Å². The second kappa shape index (κ2) is 8.06. The van der Waals surface area contributed by atoms with Gasteiger partial charge in [0.1, 0.15) is 11.3 Å². The molecule has 0 aliphatic rings. The average Bonchev–Trinajstić information content (AvgIpc) is 2.62. The number of aromatic nitrogens is 1. The van der Waals surface area contributed by atoms with E-state index in [2.05, 4.69) is 38.1 Å². The number of para-hydroxylation sites is 1. The first kappa shape index (κ1) is 17.3. The van der Waals surface area contributed by atoms with Crippen LogP contribution < -0.4 is 10.2 Å². The number of nitrogens with zero attached hydrogens (tertiary/aromatic N) is 2. The molecule has 0 fully saturated rings. The second-order valence-corrected chi connectivity index (χ2v) is 6.63. The fraction of sp³-hybridized carbons (Fsp3) is 0.105. The van der Waals surface area contributed by atoms with Crippen molar-refractivity contribution in [1.82, 2.24) is 10.4 Å². The number of halogens is 1. The molecule has 2 aromatic carbocycles. The minimum absolute atomic E-state index is 0.324. The highest BCUT2D eigenvalue weighted by atomic mass is 127. The average molecular weight is 445 g/mol. The second-order valence-electron chi connectivity index (χ2n) is 5.38. The van der Waals surface area contributed by atoms with E-state index in [1.807, 2.05) is 48.5 Å². The molecule has 3 rings (SSSR count). The summed E-state index contributed by atoms with van der Waals surface area (Å²) in [6, 6.07) is 17.2. The molecule has 5 nitrogen and oxygen atoms in total. The molecule has 6 heteroatoms. The summed E-state index contributed by atoms with van der Waals surface area (Å²) in [7, 11) is 0. The highest BCUT2D eigenvalue weighted by molar-refractivity contribution is 14.1. The lowest BCUT2D eigenvalue weighted by Gasteiger charge is -2.14. The predicted molar refractivity (Wildman–Crippen MR) is 107 cm³/mol. The molecule has 0 radical (unpaired) electrons. The number of pyridine rings is 1. The molecule has 0 aliphatic heterocycles. The van der Waals surface area contributed by atoms with Gasteiger partial charge in [-0.05, 0) is 59.3 Å². The Morgan fingerprint density at radius 2 is 2.04 bits per heavy atom. The number of hydrazone groups is 1. The van der Waals surface area contributed by atoms with Gasteiger partial charge in [0.15, 0.2) is 6.10 Å². The van der Waals surface area contributed by atoms with Gasteiger partial charge in [-0.2, -0.15) is 5.10 Å². The molecule has 1 unspecified atom stereocenters. The molecule has 0 saturated carbocycles. The summed E-state index contributed by atoms with van der Waals surface area (Å²) >= 11 is 2.23. The molecule has 0 spiro atoms. The summed E-state index contributed by atoms with van der Waals surface area (Å²) < 4.78 is 6.87. The molecule has 0 saturated heterocycles. The standard InChI is InChI=1S/C19H16IN3O2/c1-13(19(24)23-22-12-14-5-2-8-16(20)11-14)25-17-9-3-6-15-7-4-10-21-18(15)17/h2-13H,1H3,(H,23,24)/b22-12+. The normalized spacial score (nSPS) is 12.2. The Morgan fingerprint density at radius 3 is 2.88 bits per heavy atom. The Balaban J connectivity index is 1.64. The first-order chi connectivity index (χ1) is 12.1. The van der Waals surface area contributed by atoms with Crippen molar-refractivity contribution < 1.29 is 9.53 Å². The number of fused-ring (bicyclic) bond motifs is 1. The number of carbonyl (C=O) groups is 1. The Kier molecular flexibility index (Phi) is 5.60. The summed E-state index contributed by atoms with van der Waals surface area (Å²) in [6.07, 6.45) is 2.61. The number of nitrogens with one attached hydrogen (secondary N) is 1. The van der Waals surface area contributed by atoms with Crippen molar-refractivity contribution in [3.05, 3.63) is 69.9 Å². The number of hydrogen-bond donors (Lipinski definition) is 1. The van der Waals surface area contributed by atoms with Crippen molar-refractivity contribution in [3.63, 3.8) is 0 Å². The van der Waals surface area contributed by atoms with Gasteiger partial charge in [-0.3, -0.25) is 9.78 Å². The van der Waals surface area contributed by atoms with Gasteiger partial charge >= 0.3 is 0 Å². The van der Waals surface area contributed by atoms with Crippen LogP contribution in [0.3, 0.4) is 0 Å². The van der Waals surface area contributed by atoms with E-state index in [4.69, 9.17) is 4.74 Å². The van der Waals surface area contributed by atoms with Crippen LogP contribution in [0.5, 0.6) is 5.75 Å². The van der Waals surface area contributed by atoms with Gasteiger partial charge in [-0.25, -0.2) is 5.43 Å². The van der Waals surface area contributed by atoms with E-state index < -0.39 is 6.10 Å². The number of amides is 1. The van der Waals surface area contributed by atoms with Gasteiger partial charge in [0.05, 0.1) is 6.21 Å². The van der Waals surface area contributed by atoms with E-state index in [1.165, 1.54) is 0 Å². The maximum absolute atomic E-state index is 12.2. The summed E-state index contributed by atoms with van der Waals surface area (Å²) in [5.74, 6) is 0.247. The summed E-state index contributed by atoms with van der Waals surface area (Å²) in [4.78, 5) is 16.5. The molecule has 1 aromatic heterocycles. The van der Waals surface area contributed by atoms with Gasteiger partial charge in [-0.1, -0.05) is 30.3 Å². The van der Waals surface area contributed by atoms with Crippen LogP contribution in [-0.4, -0.2) is 23.2 Å². The monoisotopic (exact) mass is 445 g/mol. The third-order valence-electron chi connectivity index (χ3n) is 3.51. The van der Waals surface area contributed by atoms with E-state index in [0.717, 1.165) is 20.0 Å². The van der Waals surface area contributed by atoms with Gasteiger partial charge in [0.25, 0.3) is 5.91 Å². The molecular formula is C19H16IN3O2. The predicted octanol–water partition coefficient (Wildman–Crippen LogP) is 3.76. The van der Waals surface area contributed by atoms with E-state index in [9.17, 15) is 4.79 Å². The van der Waals surface area contributed by atoms with Crippen molar-refractivity contribution in [2.45, 2.75) is 13.0 Å². The quantitative estimate of drug-likeness (QED) is 0.370. The number of rotatable bonds is 5. The fourth-order valence-electron chi connectivity index (χ4n) is 2.26. The number of benzene rings is 2. The minimum Gasteiger partial charge on any atom is -0.479 e. The summed E-state index contributed by atoms with van der Waals surface area (Å²) in [5, 5.41) is 4.95. The van der Waals surface area contributed by atoms with Crippen LogP contribution in [-0.2, 0) is 4.79 Å². The SMILES string of the molecule is CC(Oc1cccc2cccnc12)C(=O)N/N=C/c1cccc(I)c1.